The lowest BCUT2D eigenvalue weighted by Crippen LogP contribution is -2.58. The van der Waals surface area contributed by atoms with E-state index in [4.69, 9.17) is 9.97 Å². The third kappa shape index (κ3) is 4.66. The lowest BCUT2D eigenvalue weighted by Gasteiger charge is -2.45. The molecule has 2 atom stereocenters. The zero-order valence-corrected chi connectivity index (χ0v) is 23.4. The van der Waals surface area contributed by atoms with Crippen LogP contribution in [0.3, 0.4) is 0 Å². The maximum Gasteiger partial charge on any atom is 0.246 e. The summed E-state index contributed by atoms with van der Waals surface area (Å²) < 4.78 is 14.9. The van der Waals surface area contributed by atoms with Gasteiger partial charge in [0.15, 0.2) is 0 Å². The number of aromatic nitrogens is 2. The number of hydrogen-bond donors (Lipinski definition) is 0. The van der Waals surface area contributed by atoms with Crippen LogP contribution < -0.4 is 14.7 Å². The highest BCUT2D eigenvalue weighted by Gasteiger charge is 2.38. The Kier molecular flexibility index (Phi) is 7.09. The van der Waals surface area contributed by atoms with Gasteiger partial charge in [0, 0.05) is 63.3 Å². The highest BCUT2D eigenvalue weighted by Crippen LogP contribution is 2.39. The first kappa shape index (κ1) is 26.5. The summed E-state index contributed by atoms with van der Waals surface area (Å²) in [6.45, 7) is 7.92. The topological polar surface area (TPSA) is 82.8 Å². The number of rotatable bonds is 6. The fourth-order valence-corrected chi connectivity index (χ4v) is 6.72. The molecule has 0 bridgehead atoms. The Labute approximate surface area is 235 Å². The van der Waals surface area contributed by atoms with Gasteiger partial charge >= 0.3 is 0 Å². The van der Waals surface area contributed by atoms with Crippen LogP contribution in [0.1, 0.15) is 29.7 Å². The van der Waals surface area contributed by atoms with Crippen LogP contribution in [0.25, 0.3) is 0 Å². The van der Waals surface area contributed by atoms with E-state index < -0.39 is 0 Å². The molecule has 10 heteroatoms. The van der Waals surface area contributed by atoms with Crippen molar-refractivity contribution in [2.45, 2.75) is 50.2 Å². The molecule has 3 aliphatic heterocycles. The van der Waals surface area contributed by atoms with Crippen LogP contribution >= 0.6 is 0 Å². The number of para-hydroxylation sites is 1. The number of likely N-dealkylation sites (N-methyl/N-ethyl adjacent to an activating group) is 1. The van der Waals surface area contributed by atoms with Crippen molar-refractivity contribution in [1.82, 2.24) is 19.8 Å². The van der Waals surface area contributed by atoms with E-state index in [9.17, 15) is 14.4 Å². The Morgan fingerprint density at radius 1 is 1.18 bits per heavy atom. The highest BCUT2D eigenvalue weighted by molar-refractivity contribution is 5.87. The number of hydrogen-bond acceptors (Lipinski definition) is 8. The van der Waals surface area contributed by atoms with Gasteiger partial charge in [-0.15, -0.1) is 0 Å². The number of fused-ring (bicyclic) bond motifs is 2. The van der Waals surface area contributed by atoms with Crippen LogP contribution in [0.4, 0.5) is 21.8 Å². The second-order valence-corrected chi connectivity index (χ2v) is 11.6. The molecule has 1 aliphatic carbocycles. The van der Waals surface area contributed by atoms with Gasteiger partial charge in [-0.2, -0.15) is 10.2 Å². The van der Waals surface area contributed by atoms with Gasteiger partial charge in [-0.05, 0) is 51.1 Å². The van der Waals surface area contributed by atoms with E-state index in [2.05, 4.69) is 46.3 Å². The molecule has 2 saturated heterocycles. The number of carbonyl (C=O) groups is 1. The number of halogens is 1. The van der Waals surface area contributed by atoms with E-state index in [1.165, 1.54) is 6.08 Å². The molecule has 4 heterocycles. The summed E-state index contributed by atoms with van der Waals surface area (Å²) in [5.41, 5.74) is 4.03. The maximum absolute atomic E-state index is 14.9. The van der Waals surface area contributed by atoms with Crippen LogP contribution in [-0.2, 0) is 24.1 Å². The minimum atomic E-state index is -0.221. The summed E-state index contributed by atoms with van der Waals surface area (Å²) in [4.78, 5) is 33.4. The molecule has 1 aromatic carbocycles. The molecule has 210 valence electrons. The summed E-state index contributed by atoms with van der Waals surface area (Å²) in [6, 6.07) is 8.08. The Morgan fingerprint density at radius 2 is 2.00 bits per heavy atom. The van der Waals surface area contributed by atoms with E-state index in [0.29, 0.717) is 25.7 Å². The molecular formula is C30H37FN8O. The fourth-order valence-electron chi connectivity index (χ4n) is 6.72. The number of benzene rings is 1. The lowest BCUT2D eigenvalue weighted by atomic mass is 9.90. The summed E-state index contributed by atoms with van der Waals surface area (Å²) >= 11 is 0. The van der Waals surface area contributed by atoms with Crippen LogP contribution in [0.15, 0.2) is 30.9 Å². The molecule has 0 N–H and O–H groups in total. The summed E-state index contributed by atoms with van der Waals surface area (Å²) in [7, 11) is 4.19. The zero-order chi connectivity index (χ0) is 28.0. The molecule has 0 unspecified atom stereocenters. The molecule has 0 radical (unpaired) electrons. The van der Waals surface area contributed by atoms with Gasteiger partial charge < -0.3 is 24.5 Å². The number of nitriles is 1. The number of amides is 1. The van der Waals surface area contributed by atoms with Gasteiger partial charge in [0.1, 0.15) is 11.6 Å². The number of nitrogens with zero attached hydrogens (tertiary/aromatic N) is 8. The molecule has 4 aliphatic rings. The molecule has 6 rings (SSSR count). The van der Waals surface area contributed by atoms with Gasteiger partial charge in [-0.3, -0.25) is 4.79 Å². The number of anilines is 3. The Bertz CT molecular complexity index is 1350. The van der Waals surface area contributed by atoms with Crippen molar-refractivity contribution < 1.29 is 9.18 Å². The molecule has 2 aromatic rings. The van der Waals surface area contributed by atoms with E-state index in [-0.39, 0.29) is 30.2 Å². The van der Waals surface area contributed by atoms with E-state index in [0.717, 1.165) is 79.6 Å². The smallest absolute Gasteiger partial charge is 0.246 e. The SMILES string of the molecule is C=CC(=O)N1CCN(c2nc(N3CC(N(C)C)C3)nc3c2CC[C@@H](N2CCc4cccc(F)c42)C3)C[C@@H]1CC#N. The van der Waals surface area contributed by atoms with Gasteiger partial charge in [0.2, 0.25) is 11.9 Å². The van der Waals surface area contributed by atoms with Crippen molar-refractivity contribution in [2.24, 2.45) is 0 Å². The van der Waals surface area contributed by atoms with Crippen LogP contribution in [0, 0.1) is 17.1 Å². The lowest BCUT2D eigenvalue weighted by molar-refractivity contribution is -0.128. The fraction of sp³-hybridized carbons (Fsp3) is 0.533. The Balaban J connectivity index is 1.32. The highest BCUT2D eigenvalue weighted by atomic mass is 19.1. The predicted molar refractivity (Wildman–Crippen MR) is 153 cm³/mol. The molecule has 1 aromatic heterocycles. The molecule has 1 amide bonds. The van der Waals surface area contributed by atoms with Crippen molar-refractivity contribution in [3.63, 3.8) is 0 Å². The van der Waals surface area contributed by atoms with Crippen LogP contribution in [0.5, 0.6) is 0 Å². The molecular weight excluding hydrogens is 507 g/mol. The van der Waals surface area contributed by atoms with E-state index >= 15 is 0 Å². The van der Waals surface area contributed by atoms with Gasteiger partial charge in [-0.25, -0.2) is 9.37 Å². The largest absolute Gasteiger partial charge is 0.365 e. The third-order valence-electron chi connectivity index (χ3n) is 9.08. The molecule has 9 nitrogen and oxygen atoms in total. The van der Waals surface area contributed by atoms with Crippen LogP contribution in [-0.4, -0.2) is 97.2 Å². The van der Waals surface area contributed by atoms with Crippen LogP contribution in [0.2, 0.25) is 0 Å². The average Bonchev–Trinajstić information content (AvgIpc) is 3.36. The molecule has 2 fully saturated rings. The van der Waals surface area contributed by atoms with Gasteiger partial charge in [0.05, 0.1) is 29.9 Å². The zero-order valence-electron chi connectivity index (χ0n) is 23.4. The number of carbonyl (C=O) groups excluding carboxylic acids is 1. The summed E-state index contributed by atoms with van der Waals surface area (Å²) in [5.74, 6) is 1.38. The minimum Gasteiger partial charge on any atom is -0.365 e. The first-order chi connectivity index (χ1) is 19.4. The summed E-state index contributed by atoms with van der Waals surface area (Å²) in [6.07, 6.45) is 4.91. The van der Waals surface area contributed by atoms with Crippen molar-refractivity contribution in [3.8, 4) is 6.07 Å². The first-order valence-electron chi connectivity index (χ1n) is 14.3. The van der Waals surface area contributed by atoms with Crippen molar-refractivity contribution in [2.75, 3.05) is 68.1 Å². The third-order valence-corrected chi connectivity index (χ3v) is 9.08. The Hall–Kier alpha value is -3.71. The molecule has 40 heavy (non-hydrogen) atoms. The number of piperazine rings is 1. The average molecular weight is 545 g/mol. The predicted octanol–water partition coefficient (Wildman–Crippen LogP) is 2.40. The van der Waals surface area contributed by atoms with Crippen molar-refractivity contribution in [1.29, 1.82) is 5.26 Å². The standard InChI is InChI=1S/C30H37FN8O/c1-4-27(40)38-15-14-36(17-22(38)10-12-32)29-24-9-8-21(39-13-11-20-6-5-7-25(31)28(20)39)16-26(24)33-30(34-29)37-18-23(19-37)35(2)3/h4-7,21-23H,1,8-11,13-19H2,2-3H3/t21-,22+/m1/s1. The van der Waals surface area contributed by atoms with Gasteiger partial charge in [-0.1, -0.05) is 18.7 Å². The first-order valence-corrected chi connectivity index (χ1v) is 14.3. The Morgan fingerprint density at radius 3 is 2.75 bits per heavy atom. The second-order valence-electron chi connectivity index (χ2n) is 11.6. The molecule has 0 spiro atoms. The minimum absolute atomic E-state index is 0.137. The normalized spacial score (nSPS) is 22.6. The van der Waals surface area contributed by atoms with Crippen molar-refractivity contribution in [3.05, 3.63) is 53.5 Å². The van der Waals surface area contributed by atoms with E-state index in [1.54, 1.807) is 17.0 Å². The van der Waals surface area contributed by atoms with Crippen molar-refractivity contribution >= 4 is 23.4 Å². The maximum atomic E-state index is 14.9. The quantitative estimate of drug-likeness (QED) is 0.513. The van der Waals surface area contributed by atoms with Gasteiger partial charge in [0.25, 0.3) is 0 Å². The van der Waals surface area contributed by atoms with E-state index in [1.807, 2.05) is 6.07 Å². The monoisotopic (exact) mass is 544 g/mol. The summed E-state index contributed by atoms with van der Waals surface area (Å²) in [5, 5.41) is 9.49. The molecule has 0 saturated carbocycles. The second kappa shape index (κ2) is 10.7.